The fourth-order valence-corrected chi connectivity index (χ4v) is 4.26. The van der Waals surface area contributed by atoms with E-state index in [0.29, 0.717) is 12.3 Å². The molecule has 3 rings (SSSR count). The number of nitrogens with one attached hydrogen (secondary N) is 2. The predicted molar refractivity (Wildman–Crippen MR) is 124 cm³/mol. The van der Waals surface area contributed by atoms with Crippen LogP contribution >= 0.6 is 11.3 Å². The highest BCUT2D eigenvalue weighted by Crippen LogP contribution is 2.29. The quantitative estimate of drug-likeness (QED) is 0.425. The van der Waals surface area contributed by atoms with Crippen molar-refractivity contribution in [1.82, 2.24) is 4.98 Å². The summed E-state index contributed by atoms with van der Waals surface area (Å²) in [7, 11) is 0. The molecule has 30 heavy (non-hydrogen) atoms. The third-order valence-corrected chi connectivity index (χ3v) is 5.29. The van der Waals surface area contributed by atoms with Crippen LogP contribution in [0.15, 0.2) is 53.9 Å². The molecular formula is C24H28FN3OS. The molecule has 158 valence electrons. The molecule has 0 aliphatic carbocycles. The van der Waals surface area contributed by atoms with Gasteiger partial charge in [0.05, 0.1) is 5.69 Å². The third kappa shape index (κ3) is 6.66. The molecule has 0 saturated carbocycles. The van der Waals surface area contributed by atoms with Crippen LogP contribution in [-0.4, -0.2) is 10.9 Å². The highest BCUT2D eigenvalue weighted by molar-refractivity contribution is 7.14. The number of amides is 1. The molecule has 6 heteroatoms. The van der Waals surface area contributed by atoms with Gasteiger partial charge in [-0.05, 0) is 54.2 Å². The standard InChI is InChI=1S/C24H28FN3OS/c1-16(14-24(2,3)4)12-22(29)26-20-7-5-6-17(13-20)21-15-30-23(28-21)27-19-10-8-18(25)9-11-19/h5-11,13,15-16H,12,14H2,1-4H3,(H,26,29)(H,27,28). The summed E-state index contributed by atoms with van der Waals surface area (Å²) in [6, 6.07) is 13.9. The smallest absolute Gasteiger partial charge is 0.224 e. The van der Waals surface area contributed by atoms with Gasteiger partial charge in [0.25, 0.3) is 0 Å². The summed E-state index contributed by atoms with van der Waals surface area (Å²) in [6.07, 6.45) is 1.51. The van der Waals surface area contributed by atoms with Gasteiger partial charge in [0, 0.05) is 28.7 Å². The first-order valence-electron chi connectivity index (χ1n) is 10.1. The molecule has 1 unspecified atom stereocenters. The number of thiazole rings is 1. The van der Waals surface area contributed by atoms with Crippen LogP contribution in [0.25, 0.3) is 11.3 Å². The van der Waals surface area contributed by atoms with E-state index >= 15 is 0 Å². The molecular weight excluding hydrogens is 397 g/mol. The van der Waals surface area contributed by atoms with E-state index in [4.69, 9.17) is 0 Å². The molecule has 0 radical (unpaired) electrons. The normalized spacial score (nSPS) is 12.4. The number of halogens is 1. The fourth-order valence-electron chi connectivity index (χ4n) is 3.52. The minimum absolute atomic E-state index is 0.0286. The lowest BCUT2D eigenvalue weighted by Crippen LogP contribution is -2.18. The van der Waals surface area contributed by atoms with E-state index in [1.165, 1.54) is 23.5 Å². The van der Waals surface area contributed by atoms with Crippen molar-refractivity contribution in [2.45, 2.75) is 40.5 Å². The zero-order valence-corrected chi connectivity index (χ0v) is 18.6. The van der Waals surface area contributed by atoms with Gasteiger partial charge in [-0.1, -0.05) is 39.8 Å². The first-order valence-corrected chi connectivity index (χ1v) is 10.9. The van der Waals surface area contributed by atoms with E-state index in [0.717, 1.165) is 34.2 Å². The summed E-state index contributed by atoms with van der Waals surface area (Å²) in [5.74, 6) is 0.0831. The maximum atomic E-state index is 13.1. The number of carbonyl (C=O) groups is 1. The van der Waals surface area contributed by atoms with E-state index in [9.17, 15) is 9.18 Å². The summed E-state index contributed by atoms with van der Waals surface area (Å²) >= 11 is 1.47. The maximum absolute atomic E-state index is 13.1. The van der Waals surface area contributed by atoms with Gasteiger partial charge in [0.15, 0.2) is 5.13 Å². The first-order chi connectivity index (χ1) is 14.2. The van der Waals surface area contributed by atoms with Crippen LogP contribution in [0, 0.1) is 17.2 Å². The van der Waals surface area contributed by atoms with Crippen molar-refractivity contribution in [3.63, 3.8) is 0 Å². The molecule has 1 amide bonds. The Morgan fingerprint density at radius 3 is 2.57 bits per heavy atom. The maximum Gasteiger partial charge on any atom is 0.224 e. The van der Waals surface area contributed by atoms with E-state index in [1.807, 2.05) is 29.6 Å². The van der Waals surface area contributed by atoms with Crippen LogP contribution in [0.4, 0.5) is 20.9 Å². The van der Waals surface area contributed by atoms with Crippen molar-refractivity contribution in [3.8, 4) is 11.3 Å². The minimum atomic E-state index is -0.271. The highest BCUT2D eigenvalue weighted by atomic mass is 32.1. The van der Waals surface area contributed by atoms with Gasteiger partial charge in [-0.25, -0.2) is 9.37 Å². The lowest BCUT2D eigenvalue weighted by atomic mass is 9.84. The first kappa shape index (κ1) is 22.0. The Kier molecular flexibility index (Phi) is 6.87. The molecule has 2 aromatic carbocycles. The molecule has 4 nitrogen and oxygen atoms in total. The number of nitrogens with zero attached hydrogens (tertiary/aromatic N) is 1. The molecule has 0 bridgehead atoms. The predicted octanol–water partition coefficient (Wildman–Crippen LogP) is 7.09. The van der Waals surface area contributed by atoms with Gasteiger partial charge < -0.3 is 10.6 Å². The minimum Gasteiger partial charge on any atom is -0.332 e. The van der Waals surface area contributed by atoms with Crippen molar-refractivity contribution >= 4 is 33.8 Å². The van der Waals surface area contributed by atoms with Gasteiger partial charge >= 0.3 is 0 Å². The van der Waals surface area contributed by atoms with Crippen molar-refractivity contribution in [3.05, 3.63) is 59.7 Å². The SMILES string of the molecule is CC(CC(=O)Nc1cccc(-c2csc(Nc3ccc(F)cc3)n2)c1)CC(C)(C)C. The van der Waals surface area contributed by atoms with Crippen LogP contribution in [0.3, 0.4) is 0 Å². The van der Waals surface area contributed by atoms with Crippen molar-refractivity contribution in [2.75, 3.05) is 10.6 Å². The Labute approximate surface area is 181 Å². The van der Waals surface area contributed by atoms with E-state index in [2.05, 4.69) is 43.3 Å². The van der Waals surface area contributed by atoms with Gasteiger partial charge in [-0.2, -0.15) is 0 Å². The van der Waals surface area contributed by atoms with Crippen molar-refractivity contribution < 1.29 is 9.18 Å². The topological polar surface area (TPSA) is 54.0 Å². The zero-order chi connectivity index (χ0) is 21.7. The molecule has 3 aromatic rings. The molecule has 1 atom stereocenters. The Balaban J connectivity index is 1.63. The fraction of sp³-hybridized carbons (Fsp3) is 0.333. The van der Waals surface area contributed by atoms with Gasteiger partial charge in [0.1, 0.15) is 5.82 Å². The Bertz CT molecular complexity index is 992. The zero-order valence-electron chi connectivity index (χ0n) is 17.8. The largest absolute Gasteiger partial charge is 0.332 e. The monoisotopic (exact) mass is 425 g/mol. The molecule has 0 aliphatic heterocycles. The molecule has 1 aromatic heterocycles. The molecule has 1 heterocycles. The van der Waals surface area contributed by atoms with Crippen LogP contribution in [0.2, 0.25) is 0 Å². The Morgan fingerprint density at radius 2 is 1.87 bits per heavy atom. The van der Waals surface area contributed by atoms with Gasteiger partial charge in [-0.15, -0.1) is 11.3 Å². The summed E-state index contributed by atoms with van der Waals surface area (Å²) in [6.45, 7) is 8.69. The van der Waals surface area contributed by atoms with Crippen molar-refractivity contribution in [1.29, 1.82) is 0 Å². The van der Waals surface area contributed by atoms with Crippen LogP contribution in [0.5, 0.6) is 0 Å². The second-order valence-electron chi connectivity index (χ2n) is 8.87. The van der Waals surface area contributed by atoms with E-state index in [1.54, 1.807) is 12.1 Å². The number of carbonyl (C=O) groups excluding carboxylic acids is 1. The lowest BCUT2D eigenvalue weighted by Gasteiger charge is -2.22. The van der Waals surface area contributed by atoms with Gasteiger partial charge in [0.2, 0.25) is 5.91 Å². The molecule has 0 aliphatic rings. The number of rotatable bonds is 7. The number of aromatic nitrogens is 1. The molecule has 0 spiro atoms. The average Bonchev–Trinajstić information content (AvgIpc) is 3.10. The highest BCUT2D eigenvalue weighted by Gasteiger charge is 2.18. The number of benzene rings is 2. The number of hydrogen-bond acceptors (Lipinski definition) is 4. The Hall–Kier alpha value is -2.73. The summed E-state index contributed by atoms with van der Waals surface area (Å²) in [5, 5.41) is 8.87. The van der Waals surface area contributed by atoms with Crippen LogP contribution < -0.4 is 10.6 Å². The average molecular weight is 426 g/mol. The summed E-state index contributed by atoms with van der Waals surface area (Å²) < 4.78 is 13.1. The summed E-state index contributed by atoms with van der Waals surface area (Å²) in [4.78, 5) is 17.0. The van der Waals surface area contributed by atoms with Crippen molar-refractivity contribution in [2.24, 2.45) is 11.3 Å². The number of hydrogen-bond donors (Lipinski definition) is 2. The van der Waals surface area contributed by atoms with Crippen LogP contribution in [0.1, 0.15) is 40.5 Å². The van der Waals surface area contributed by atoms with E-state index < -0.39 is 0 Å². The van der Waals surface area contributed by atoms with Gasteiger partial charge in [-0.3, -0.25) is 4.79 Å². The lowest BCUT2D eigenvalue weighted by molar-refractivity contribution is -0.117. The second-order valence-corrected chi connectivity index (χ2v) is 9.73. The second kappa shape index (κ2) is 9.39. The van der Waals surface area contributed by atoms with Crippen LogP contribution in [-0.2, 0) is 4.79 Å². The third-order valence-electron chi connectivity index (χ3n) is 4.54. The Morgan fingerprint density at radius 1 is 1.13 bits per heavy atom. The molecule has 2 N–H and O–H groups in total. The van der Waals surface area contributed by atoms with E-state index in [-0.39, 0.29) is 17.1 Å². The molecule has 0 saturated heterocycles. The molecule has 0 fully saturated rings. The summed E-state index contributed by atoms with van der Waals surface area (Å²) in [5.41, 5.74) is 3.51. The number of anilines is 3.